The van der Waals surface area contributed by atoms with E-state index in [1.54, 1.807) is 0 Å². The fraction of sp³-hybridized carbons (Fsp3) is 0.400. The van der Waals surface area contributed by atoms with E-state index in [0.29, 0.717) is 11.8 Å². The van der Waals surface area contributed by atoms with Crippen molar-refractivity contribution in [1.82, 2.24) is 0 Å². The number of aryl methyl sites for hydroxylation is 1. The van der Waals surface area contributed by atoms with Gasteiger partial charge in [-0.3, -0.25) is 0 Å². The lowest BCUT2D eigenvalue weighted by Gasteiger charge is -2.14. The molecule has 112 valence electrons. The van der Waals surface area contributed by atoms with Gasteiger partial charge in [-0.2, -0.15) is 0 Å². The maximum atomic E-state index is 5.86. The van der Waals surface area contributed by atoms with Crippen molar-refractivity contribution in [3.05, 3.63) is 65.2 Å². The topological polar surface area (TPSA) is 9.23 Å². The number of benzene rings is 2. The van der Waals surface area contributed by atoms with E-state index in [-0.39, 0.29) is 0 Å². The highest BCUT2D eigenvalue weighted by atomic mass is 16.5. The monoisotopic (exact) mass is 282 g/mol. The molecule has 0 aliphatic carbocycles. The molecule has 0 heterocycles. The molecule has 0 aliphatic rings. The van der Waals surface area contributed by atoms with E-state index in [2.05, 4.69) is 64.1 Å². The van der Waals surface area contributed by atoms with E-state index in [9.17, 15) is 0 Å². The van der Waals surface area contributed by atoms with Crippen LogP contribution < -0.4 is 4.74 Å². The first kappa shape index (κ1) is 15.6. The minimum Gasteiger partial charge on any atom is -0.493 e. The number of ether oxygens (including phenoxy) is 1. The molecule has 2 aromatic rings. The molecular weight excluding hydrogens is 256 g/mol. The Morgan fingerprint density at radius 1 is 0.857 bits per heavy atom. The summed E-state index contributed by atoms with van der Waals surface area (Å²) in [5.74, 6) is 2.07. The maximum absolute atomic E-state index is 5.86. The Bertz CT molecular complexity index is 537. The van der Waals surface area contributed by atoms with Gasteiger partial charge in [0.05, 0.1) is 6.61 Å². The lowest BCUT2D eigenvalue weighted by molar-refractivity contribution is 0.259. The van der Waals surface area contributed by atoms with Gasteiger partial charge in [-0.25, -0.2) is 0 Å². The SMILES string of the molecule is Cc1ccc(OCC(C)Cc2ccc(C(C)C)cc2)cc1. The first-order valence-corrected chi connectivity index (χ1v) is 7.83. The molecular formula is C20H26O. The first-order chi connectivity index (χ1) is 10.0. The molecule has 1 atom stereocenters. The van der Waals surface area contributed by atoms with Gasteiger partial charge in [0, 0.05) is 0 Å². The van der Waals surface area contributed by atoms with Gasteiger partial charge in [0.2, 0.25) is 0 Å². The smallest absolute Gasteiger partial charge is 0.119 e. The average molecular weight is 282 g/mol. The van der Waals surface area contributed by atoms with Gasteiger partial charge >= 0.3 is 0 Å². The second-order valence-electron chi connectivity index (χ2n) is 6.33. The molecule has 0 saturated heterocycles. The van der Waals surface area contributed by atoms with E-state index in [1.807, 2.05) is 12.1 Å². The molecule has 1 nitrogen and oxygen atoms in total. The Kier molecular flexibility index (Phi) is 5.44. The lowest BCUT2D eigenvalue weighted by atomic mass is 9.97. The molecule has 0 fully saturated rings. The van der Waals surface area contributed by atoms with Gasteiger partial charge in [0.25, 0.3) is 0 Å². The van der Waals surface area contributed by atoms with Gasteiger partial charge in [-0.1, -0.05) is 62.7 Å². The van der Waals surface area contributed by atoms with Crippen LogP contribution >= 0.6 is 0 Å². The van der Waals surface area contributed by atoms with Gasteiger partial charge in [0.15, 0.2) is 0 Å². The highest BCUT2D eigenvalue weighted by molar-refractivity contribution is 5.27. The predicted molar refractivity (Wildman–Crippen MR) is 90.1 cm³/mol. The molecule has 0 aromatic heterocycles. The van der Waals surface area contributed by atoms with Crippen molar-refractivity contribution in [3.8, 4) is 5.75 Å². The standard InChI is InChI=1S/C20H26O/c1-15(2)19-9-7-18(8-10-19)13-17(4)14-21-20-11-5-16(3)6-12-20/h5-12,15,17H,13-14H2,1-4H3. The summed E-state index contributed by atoms with van der Waals surface area (Å²) in [4.78, 5) is 0. The van der Waals surface area contributed by atoms with Gasteiger partial charge in [0.1, 0.15) is 5.75 Å². The molecule has 21 heavy (non-hydrogen) atoms. The third-order valence-electron chi connectivity index (χ3n) is 3.79. The Morgan fingerprint density at radius 2 is 1.48 bits per heavy atom. The zero-order valence-electron chi connectivity index (χ0n) is 13.6. The van der Waals surface area contributed by atoms with Crippen LogP contribution in [0.25, 0.3) is 0 Å². The molecule has 0 saturated carbocycles. The molecule has 2 aromatic carbocycles. The molecule has 0 aliphatic heterocycles. The average Bonchev–Trinajstić information content (AvgIpc) is 2.47. The summed E-state index contributed by atoms with van der Waals surface area (Å²) in [5.41, 5.74) is 4.06. The highest BCUT2D eigenvalue weighted by Crippen LogP contribution is 2.18. The zero-order chi connectivity index (χ0) is 15.2. The molecule has 1 heteroatoms. The molecule has 1 unspecified atom stereocenters. The summed E-state index contributed by atoms with van der Waals surface area (Å²) >= 11 is 0. The number of hydrogen-bond acceptors (Lipinski definition) is 1. The van der Waals surface area contributed by atoms with E-state index in [4.69, 9.17) is 4.74 Å². The van der Waals surface area contributed by atoms with Crippen molar-refractivity contribution < 1.29 is 4.74 Å². The van der Waals surface area contributed by atoms with E-state index >= 15 is 0 Å². The summed E-state index contributed by atoms with van der Waals surface area (Å²) in [5, 5.41) is 0. The predicted octanol–water partition coefficient (Wildman–Crippen LogP) is 5.38. The zero-order valence-corrected chi connectivity index (χ0v) is 13.6. The van der Waals surface area contributed by atoms with Crippen molar-refractivity contribution in [3.63, 3.8) is 0 Å². The second kappa shape index (κ2) is 7.31. The molecule has 0 bridgehead atoms. The van der Waals surface area contributed by atoms with Crippen LogP contribution in [0, 0.1) is 12.8 Å². The van der Waals surface area contributed by atoms with Gasteiger partial charge in [-0.05, 0) is 48.4 Å². The first-order valence-electron chi connectivity index (χ1n) is 7.83. The quantitative estimate of drug-likeness (QED) is 0.691. The van der Waals surface area contributed by atoms with Crippen LogP contribution in [0.1, 0.15) is 43.4 Å². The van der Waals surface area contributed by atoms with E-state index < -0.39 is 0 Å². The van der Waals surface area contributed by atoms with Gasteiger partial charge < -0.3 is 4.74 Å². The van der Waals surface area contributed by atoms with E-state index in [1.165, 1.54) is 16.7 Å². The normalized spacial score (nSPS) is 12.4. The summed E-state index contributed by atoms with van der Waals surface area (Å²) < 4.78 is 5.86. The summed E-state index contributed by atoms with van der Waals surface area (Å²) in [7, 11) is 0. The molecule has 0 radical (unpaired) electrons. The maximum Gasteiger partial charge on any atom is 0.119 e. The Labute approximate surface area is 129 Å². The fourth-order valence-corrected chi connectivity index (χ4v) is 2.37. The Morgan fingerprint density at radius 3 is 2.05 bits per heavy atom. The summed E-state index contributed by atoms with van der Waals surface area (Å²) in [6, 6.07) is 17.2. The van der Waals surface area contributed by atoms with Crippen molar-refractivity contribution in [2.24, 2.45) is 5.92 Å². The van der Waals surface area contributed by atoms with Crippen molar-refractivity contribution in [1.29, 1.82) is 0 Å². The Hall–Kier alpha value is -1.76. The highest BCUT2D eigenvalue weighted by Gasteiger charge is 2.06. The molecule has 2 rings (SSSR count). The third kappa shape index (κ3) is 4.93. The van der Waals surface area contributed by atoms with Crippen molar-refractivity contribution in [2.75, 3.05) is 6.61 Å². The van der Waals surface area contributed by atoms with Crippen LogP contribution in [0.2, 0.25) is 0 Å². The van der Waals surface area contributed by atoms with Crippen molar-refractivity contribution >= 4 is 0 Å². The largest absolute Gasteiger partial charge is 0.493 e. The van der Waals surface area contributed by atoms with Crippen LogP contribution in [-0.2, 0) is 6.42 Å². The molecule has 0 spiro atoms. The number of rotatable bonds is 6. The fourth-order valence-electron chi connectivity index (χ4n) is 2.37. The third-order valence-corrected chi connectivity index (χ3v) is 3.79. The summed E-state index contributed by atoms with van der Waals surface area (Å²) in [6.45, 7) is 9.55. The van der Waals surface area contributed by atoms with Crippen LogP contribution in [0.15, 0.2) is 48.5 Å². The molecule has 0 N–H and O–H groups in total. The Balaban J connectivity index is 1.83. The van der Waals surface area contributed by atoms with Crippen LogP contribution in [0.3, 0.4) is 0 Å². The van der Waals surface area contributed by atoms with Crippen LogP contribution in [0.5, 0.6) is 5.75 Å². The minimum atomic E-state index is 0.510. The van der Waals surface area contributed by atoms with E-state index in [0.717, 1.165) is 18.8 Å². The lowest BCUT2D eigenvalue weighted by Crippen LogP contribution is -2.11. The minimum absolute atomic E-state index is 0.510. The molecule has 0 amide bonds. The van der Waals surface area contributed by atoms with Gasteiger partial charge in [-0.15, -0.1) is 0 Å². The number of hydrogen-bond donors (Lipinski definition) is 0. The second-order valence-corrected chi connectivity index (χ2v) is 6.33. The summed E-state index contributed by atoms with van der Waals surface area (Å²) in [6.07, 6.45) is 1.06. The van der Waals surface area contributed by atoms with Crippen molar-refractivity contribution in [2.45, 2.75) is 40.0 Å². The van der Waals surface area contributed by atoms with Crippen LogP contribution in [-0.4, -0.2) is 6.61 Å². The van der Waals surface area contributed by atoms with Crippen LogP contribution in [0.4, 0.5) is 0 Å².